The quantitative estimate of drug-likeness (QED) is 0.842. The summed E-state index contributed by atoms with van der Waals surface area (Å²) in [6, 6.07) is 4.39. The number of carbonyl (C=O) groups is 1. The zero-order valence-corrected chi connectivity index (χ0v) is 15.6. The Kier molecular flexibility index (Phi) is 5.37. The van der Waals surface area contributed by atoms with E-state index < -0.39 is 15.8 Å². The SMILES string of the molecule is CS(=O)(=O)N1[C@H]2CC[C@H]1CC(NC(=O)CCc1c(F)cccc1Cl)C2. The smallest absolute Gasteiger partial charge is 0.220 e. The molecule has 2 fully saturated rings. The van der Waals surface area contributed by atoms with Crippen LogP contribution in [0.15, 0.2) is 18.2 Å². The van der Waals surface area contributed by atoms with Gasteiger partial charge in [0.2, 0.25) is 15.9 Å². The summed E-state index contributed by atoms with van der Waals surface area (Å²) in [5, 5.41) is 3.30. The van der Waals surface area contributed by atoms with Crippen LogP contribution in [0.5, 0.6) is 0 Å². The van der Waals surface area contributed by atoms with Crippen LogP contribution in [0.1, 0.15) is 37.7 Å². The molecule has 1 N–H and O–H groups in total. The van der Waals surface area contributed by atoms with Crippen molar-refractivity contribution in [2.75, 3.05) is 6.26 Å². The van der Waals surface area contributed by atoms with Gasteiger partial charge in [-0.1, -0.05) is 17.7 Å². The molecule has 2 aliphatic heterocycles. The number of amides is 1. The number of benzene rings is 1. The van der Waals surface area contributed by atoms with E-state index in [1.807, 2.05) is 0 Å². The summed E-state index contributed by atoms with van der Waals surface area (Å²) in [5.74, 6) is -0.559. The van der Waals surface area contributed by atoms with Crippen molar-refractivity contribution in [3.63, 3.8) is 0 Å². The summed E-state index contributed by atoms with van der Waals surface area (Å²) in [7, 11) is -3.21. The zero-order valence-electron chi connectivity index (χ0n) is 14.0. The van der Waals surface area contributed by atoms with E-state index in [1.165, 1.54) is 18.4 Å². The van der Waals surface area contributed by atoms with E-state index >= 15 is 0 Å². The fourth-order valence-electron chi connectivity index (χ4n) is 4.10. The minimum atomic E-state index is -3.21. The molecule has 0 aromatic heterocycles. The highest BCUT2D eigenvalue weighted by atomic mass is 35.5. The van der Waals surface area contributed by atoms with Gasteiger partial charge in [-0.05, 0) is 44.2 Å². The largest absolute Gasteiger partial charge is 0.353 e. The van der Waals surface area contributed by atoms with E-state index in [2.05, 4.69) is 5.32 Å². The van der Waals surface area contributed by atoms with E-state index in [4.69, 9.17) is 11.6 Å². The Bertz CT molecular complexity index is 737. The molecule has 2 aliphatic rings. The van der Waals surface area contributed by atoms with E-state index in [-0.39, 0.29) is 36.9 Å². The number of nitrogens with zero attached hydrogens (tertiary/aromatic N) is 1. The number of carbonyl (C=O) groups excluding carboxylic acids is 1. The van der Waals surface area contributed by atoms with Crippen molar-refractivity contribution in [1.82, 2.24) is 9.62 Å². The first-order valence-corrected chi connectivity index (χ1v) is 10.7. The summed E-state index contributed by atoms with van der Waals surface area (Å²) in [6.45, 7) is 0. The summed E-state index contributed by atoms with van der Waals surface area (Å²) in [4.78, 5) is 12.2. The molecule has 3 rings (SSSR count). The van der Waals surface area contributed by atoms with Gasteiger partial charge in [0.15, 0.2) is 0 Å². The van der Waals surface area contributed by atoms with Crippen molar-refractivity contribution < 1.29 is 17.6 Å². The molecule has 2 heterocycles. The Morgan fingerprint density at radius 2 is 1.96 bits per heavy atom. The van der Waals surface area contributed by atoms with Gasteiger partial charge in [0.25, 0.3) is 0 Å². The van der Waals surface area contributed by atoms with Crippen molar-refractivity contribution in [3.8, 4) is 0 Å². The van der Waals surface area contributed by atoms with Crippen LogP contribution < -0.4 is 5.32 Å². The average molecular weight is 389 g/mol. The van der Waals surface area contributed by atoms with E-state index in [9.17, 15) is 17.6 Å². The lowest BCUT2D eigenvalue weighted by Crippen LogP contribution is -2.52. The molecule has 1 aromatic carbocycles. The maximum Gasteiger partial charge on any atom is 0.220 e. The van der Waals surface area contributed by atoms with Gasteiger partial charge in [0, 0.05) is 35.1 Å². The lowest BCUT2D eigenvalue weighted by Gasteiger charge is -2.37. The number of fused-ring (bicyclic) bond motifs is 2. The maximum atomic E-state index is 13.7. The standard InChI is InChI=1S/C17H22ClFN2O3S/c1-25(23,24)21-12-5-6-13(21)10-11(9-12)20-17(22)8-7-14-15(18)3-2-4-16(14)19/h2-4,11-13H,5-10H2,1H3,(H,20,22)/t12-,13-/m0/s1. The van der Waals surface area contributed by atoms with Crippen LogP contribution in [-0.2, 0) is 21.2 Å². The van der Waals surface area contributed by atoms with Crippen LogP contribution in [0.2, 0.25) is 5.02 Å². The molecular weight excluding hydrogens is 367 g/mol. The van der Waals surface area contributed by atoms with Crippen LogP contribution >= 0.6 is 11.6 Å². The molecular formula is C17H22ClFN2O3S. The van der Waals surface area contributed by atoms with Gasteiger partial charge < -0.3 is 5.32 Å². The van der Waals surface area contributed by atoms with Gasteiger partial charge >= 0.3 is 0 Å². The van der Waals surface area contributed by atoms with Crippen molar-refractivity contribution in [1.29, 1.82) is 0 Å². The lowest BCUT2D eigenvalue weighted by molar-refractivity contribution is -0.122. The topological polar surface area (TPSA) is 66.5 Å². The van der Waals surface area contributed by atoms with Crippen LogP contribution in [0.25, 0.3) is 0 Å². The maximum absolute atomic E-state index is 13.7. The fourth-order valence-corrected chi connectivity index (χ4v) is 5.83. The first-order valence-electron chi connectivity index (χ1n) is 8.46. The zero-order chi connectivity index (χ0) is 18.2. The molecule has 5 nitrogen and oxygen atoms in total. The first kappa shape index (κ1) is 18.6. The molecule has 138 valence electrons. The monoisotopic (exact) mass is 388 g/mol. The van der Waals surface area contributed by atoms with E-state index in [0.29, 0.717) is 23.4 Å². The summed E-state index contributed by atoms with van der Waals surface area (Å²) in [5.41, 5.74) is 0.353. The average Bonchev–Trinajstić information content (AvgIpc) is 2.79. The minimum Gasteiger partial charge on any atom is -0.353 e. The Morgan fingerprint density at radius 3 is 2.52 bits per heavy atom. The number of rotatable bonds is 5. The number of piperidine rings is 1. The van der Waals surface area contributed by atoms with Crippen molar-refractivity contribution >= 4 is 27.5 Å². The second kappa shape index (κ2) is 7.21. The van der Waals surface area contributed by atoms with E-state index in [0.717, 1.165) is 12.8 Å². The van der Waals surface area contributed by atoms with Gasteiger partial charge in [0.1, 0.15) is 5.82 Å². The van der Waals surface area contributed by atoms with Crippen molar-refractivity contribution in [2.45, 2.75) is 56.7 Å². The number of halogens is 2. The van der Waals surface area contributed by atoms with Crippen LogP contribution in [0.3, 0.4) is 0 Å². The Labute approximate surface area is 152 Å². The molecule has 2 atom stereocenters. The third-order valence-electron chi connectivity index (χ3n) is 5.08. The first-order chi connectivity index (χ1) is 11.8. The molecule has 1 aromatic rings. The van der Waals surface area contributed by atoms with Crippen molar-refractivity contribution in [2.24, 2.45) is 0 Å². The Balaban J connectivity index is 1.55. The second-order valence-corrected chi connectivity index (χ2v) is 9.21. The fraction of sp³-hybridized carbons (Fsp3) is 0.588. The van der Waals surface area contributed by atoms with Crippen LogP contribution in [0.4, 0.5) is 4.39 Å². The lowest BCUT2D eigenvalue weighted by atomic mass is 9.99. The molecule has 0 saturated carbocycles. The molecule has 25 heavy (non-hydrogen) atoms. The molecule has 8 heteroatoms. The summed E-state index contributed by atoms with van der Waals surface area (Å²) >= 11 is 5.98. The summed E-state index contributed by atoms with van der Waals surface area (Å²) < 4.78 is 39.1. The van der Waals surface area contributed by atoms with Crippen LogP contribution in [-0.4, -0.2) is 43.0 Å². The van der Waals surface area contributed by atoms with Gasteiger partial charge in [-0.3, -0.25) is 4.79 Å². The predicted octanol–water partition coefficient (Wildman–Crippen LogP) is 2.48. The normalized spacial score (nSPS) is 26.6. The van der Waals surface area contributed by atoms with Gasteiger partial charge in [0.05, 0.1) is 6.26 Å². The second-order valence-electron chi connectivity index (χ2n) is 6.91. The molecule has 1 amide bonds. The molecule has 2 bridgehead atoms. The number of nitrogens with one attached hydrogen (secondary N) is 1. The molecule has 0 aliphatic carbocycles. The van der Waals surface area contributed by atoms with Gasteiger partial charge in [-0.15, -0.1) is 0 Å². The molecule has 0 spiro atoms. The van der Waals surface area contributed by atoms with Crippen LogP contribution in [0, 0.1) is 5.82 Å². The number of hydrogen-bond acceptors (Lipinski definition) is 3. The number of sulfonamides is 1. The predicted molar refractivity (Wildman–Crippen MR) is 94.4 cm³/mol. The molecule has 0 unspecified atom stereocenters. The van der Waals surface area contributed by atoms with E-state index in [1.54, 1.807) is 10.4 Å². The van der Waals surface area contributed by atoms with Gasteiger partial charge in [-0.25, -0.2) is 12.8 Å². The Hall–Kier alpha value is -1.18. The highest BCUT2D eigenvalue weighted by molar-refractivity contribution is 7.88. The molecule has 0 radical (unpaired) electrons. The van der Waals surface area contributed by atoms with Gasteiger partial charge in [-0.2, -0.15) is 4.31 Å². The third kappa shape index (κ3) is 4.15. The minimum absolute atomic E-state index is 0.0277. The Morgan fingerprint density at radius 1 is 1.32 bits per heavy atom. The molecule has 2 saturated heterocycles. The summed E-state index contributed by atoms with van der Waals surface area (Å²) in [6.07, 6.45) is 4.60. The number of hydrogen-bond donors (Lipinski definition) is 1. The highest BCUT2D eigenvalue weighted by Gasteiger charge is 2.45. The third-order valence-corrected chi connectivity index (χ3v) is 6.79. The van der Waals surface area contributed by atoms with Crippen molar-refractivity contribution in [3.05, 3.63) is 34.6 Å². The highest BCUT2D eigenvalue weighted by Crippen LogP contribution is 2.37.